The van der Waals surface area contributed by atoms with Gasteiger partial charge in [0.1, 0.15) is 0 Å². The summed E-state index contributed by atoms with van der Waals surface area (Å²) < 4.78 is 0.790. The number of benzene rings is 1. The molecule has 4 nitrogen and oxygen atoms in total. The lowest BCUT2D eigenvalue weighted by atomic mass is 10.2. The zero-order valence-corrected chi connectivity index (χ0v) is 12.2. The van der Waals surface area contributed by atoms with Crippen LogP contribution in [0.25, 0.3) is 0 Å². The maximum Gasteiger partial charge on any atom is 0.259 e. The monoisotopic (exact) mass is 327 g/mol. The Bertz CT molecular complexity index is 590. The third-order valence-electron chi connectivity index (χ3n) is 2.53. The van der Waals surface area contributed by atoms with E-state index in [-0.39, 0.29) is 5.91 Å². The van der Waals surface area contributed by atoms with E-state index in [1.807, 2.05) is 6.92 Å². The van der Waals surface area contributed by atoms with Crippen molar-refractivity contribution in [3.05, 3.63) is 44.6 Å². The van der Waals surface area contributed by atoms with Gasteiger partial charge < -0.3 is 5.32 Å². The highest BCUT2D eigenvalue weighted by Crippen LogP contribution is 2.26. The maximum atomic E-state index is 12.1. The van der Waals surface area contributed by atoms with Crippen LogP contribution in [0.5, 0.6) is 0 Å². The third kappa shape index (κ3) is 2.57. The van der Waals surface area contributed by atoms with Crippen LogP contribution >= 0.6 is 27.5 Å². The molecule has 1 aromatic carbocycles. The van der Waals surface area contributed by atoms with E-state index < -0.39 is 0 Å². The van der Waals surface area contributed by atoms with E-state index in [1.54, 1.807) is 25.1 Å². The molecule has 1 aromatic heterocycles. The average molecular weight is 329 g/mol. The molecule has 18 heavy (non-hydrogen) atoms. The molecule has 94 valence electrons. The van der Waals surface area contributed by atoms with Crippen LogP contribution in [0, 0.1) is 13.8 Å². The smallest absolute Gasteiger partial charge is 0.259 e. The lowest BCUT2D eigenvalue weighted by Crippen LogP contribution is -2.13. The summed E-state index contributed by atoms with van der Waals surface area (Å²) in [5, 5.41) is 10.1. The summed E-state index contributed by atoms with van der Waals surface area (Å²) in [4.78, 5) is 12.1. The number of nitrogens with zero attached hydrogens (tertiary/aromatic N) is 1. The average Bonchev–Trinajstić information content (AvgIpc) is 2.64. The van der Waals surface area contributed by atoms with Crippen molar-refractivity contribution < 1.29 is 4.79 Å². The third-order valence-corrected chi connectivity index (χ3v) is 3.77. The Morgan fingerprint density at radius 3 is 2.72 bits per heavy atom. The van der Waals surface area contributed by atoms with E-state index in [0.29, 0.717) is 22.0 Å². The predicted molar refractivity (Wildman–Crippen MR) is 75.2 cm³/mol. The van der Waals surface area contributed by atoms with Gasteiger partial charge in [0.2, 0.25) is 0 Å². The zero-order chi connectivity index (χ0) is 13.3. The second-order valence-corrected chi connectivity index (χ2v) is 5.15. The molecule has 0 unspecified atom stereocenters. The Morgan fingerprint density at radius 1 is 1.44 bits per heavy atom. The van der Waals surface area contributed by atoms with Crippen LogP contribution < -0.4 is 5.32 Å². The number of aryl methyl sites for hydroxylation is 2. The number of hydrogen-bond acceptors (Lipinski definition) is 2. The first-order valence-corrected chi connectivity index (χ1v) is 6.44. The quantitative estimate of drug-likeness (QED) is 0.883. The molecule has 1 heterocycles. The van der Waals surface area contributed by atoms with Gasteiger partial charge in [-0.15, -0.1) is 0 Å². The van der Waals surface area contributed by atoms with Crippen molar-refractivity contribution in [2.45, 2.75) is 13.8 Å². The SMILES string of the molecule is Cc1n[nH]c(C)c1C(=O)Nc1ccc(Br)c(Cl)c1. The molecule has 0 aliphatic heterocycles. The van der Waals surface area contributed by atoms with Gasteiger partial charge in [0.05, 0.1) is 16.3 Å². The molecule has 0 aliphatic carbocycles. The molecule has 2 aromatic rings. The molecule has 2 rings (SSSR count). The number of rotatable bonds is 2. The topological polar surface area (TPSA) is 57.8 Å². The van der Waals surface area contributed by atoms with Gasteiger partial charge in [0.15, 0.2) is 0 Å². The molecule has 0 saturated heterocycles. The number of aromatic amines is 1. The van der Waals surface area contributed by atoms with Gasteiger partial charge in [-0.1, -0.05) is 11.6 Å². The number of anilines is 1. The summed E-state index contributed by atoms with van der Waals surface area (Å²) in [5.41, 5.74) is 2.63. The highest BCUT2D eigenvalue weighted by Gasteiger charge is 2.15. The van der Waals surface area contributed by atoms with Crippen molar-refractivity contribution in [3.8, 4) is 0 Å². The Balaban J connectivity index is 2.24. The highest BCUT2D eigenvalue weighted by molar-refractivity contribution is 9.10. The zero-order valence-electron chi connectivity index (χ0n) is 9.84. The van der Waals surface area contributed by atoms with Crippen molar-refractivity contribution in [3.63, 3.8) is 0 Å². The lowest BCUT2D eigenvalue weighted by molar-refractivity contribution is 0.102. The normalized spacial score (nSPS) is 10.4. The standard InChI is InChI=1S/C12H11BrClN3O/c1-6-11(7(2)17-16-6)12(18)15-8-3-4-9(13)10(14)5-8/h3-5H,1-2H3,(H,15,18)(H,16,17). The van der Waals surface area contributed by atoms with Crippen LogP contribution in [0.4, 0.5) is 5.69 Å². The Kier molecular flexibility index (Phi) is 3.73. The molecule has 6 heteroatoms. The summed E-state index contributed by atoms with van der Waals surface area (Å²) in [6, 6.07) is 5.25. The first-order valence-electron chi connectivity index (χ1n) is 5.27. The fourth-order valence-corrected chi connectivity index (χ4v) is 2.08. The molecule has 0 atom stereocenters. The van der Waals surface area contributed by atoms with Gasteiger partial charge in [0, 0.05) is 15.9 Å². The molecule has 0 fully saturated rings. The van der Waals surface area contributed by atoms with Crippen LogP contribution in [0.1, 0.15) is 21.7 Å². The first-order chi connectivity index (χ1) is 8.49. The summed E-state index contributed by atoms with van der Waals surface area (Å²) >= 11 is 9.27. The second kappa shape index (κ2) is 5.12. The van der Waals surface area contributed by atoms with E-state index in [2.05, 4.69) is 31.4 Å². The molecule has 0 bridgehead atoms. The minimum Gasteiger partial charge on any atom is -0.322 e. The summed E-state index contributed by atoms with van der Waals surface area (Å²) in [7, 11) is 0. The van der Waals surface area contributed by atoms with Crippen molar-refractivity contribution in [2.75, 3.05) is 5.32 Å². The number of carbonyl (C=O) groups is 1. The molecule has 0 radical (unpaired) electrons. The van der Waals surface area contributed by atoms with Crippen molar-refractivity contribution in [1.29, 1.82) is 0 Å². The van der Waals surface area contributed by atoms with Crippen molar-refractivity contribution >= 4 is 39.1 Å². The van der Waals surface area contributed by atoms with E-state index >= 15 is 0 Å². The summed E-state index contributed by atoms with van der Waals surface area (Å²) in [5.74, 6) is -0.197. The lowest BCUT2D eigenvalue weighted by Gasteiger charge is -2.06. The largest absolute Gasteiger partial charge is 0.322 e. The first kappa shape index (κ1) is 13.1. The number of halogens is 2. The van der Waals surface area contributed by atoms with Gasteiger partial charge >= 0.3 is 0 Å². The Morgan fingerprint density at radius 2 is 2.17 bits per heavy atom. The fourth-order valence-electron chi connectivity index (χ4n) is 1.65. The van der Waals surface area contributed by atoms with Crippen molar-refractivity contribution in [1.82, 2.24) is 10.2 Å². The van der Waals surface area contributed by atoms with E-state index in [1.165, 1.54) is 0 Å². The van der Waals surface area contributed by atoms with Crippen LogP contribution in [0.15, 0.2) is 22.7 Å². The molecule has 1 amide bonds. The minimum absolute atomic E-state index is 0.197. The molecular formula is C12H11BrClN3O. The number of nitrogens with one attached hydrogen (secondary N) is 2. The molecule has 0 saturated carbocycles. The highest BCUT2D eigenvalue weighted by atomic mass is 79.9. The molecule has 2 N–H and O–H groups in total. The van der Waals surface area contributed by atoms with Gasteiger partial charge in [-0.3, -0.25) is 9.89 Å². The molecule has 0 spiro atoms. The van der Waals surface area contributed by atoms with E-state index in [9.17, 15) is 4.79 Å². The van der Waals surface area contributed by atoms with Gasteiger partial charge in [-0.25, -0.2) is 0 Å². The van der Waals surface area contributed by atoms with Gasteiger partial charge in [-0.2, -0.15) is 5.10 Å². The van der Waals surface area contributed by atoms with Crippen molar-refractivity contribution in [2.24, 2.45) is 0 Å². The predicted octanol–water partition coefficient (Wildman–Crippen LogP) is 3.69. The molecule has 0 aliphatic rings. The van der Waals surface area contributed by atoms with Crippen LogP contribution in [-0.2, 0) is 0 Å². The number of aromatic nitrogens is 2. The minimum atomic E-state index is -0.197. The van der Waals surface area contributed by atoms with Crippen LogP contribution in [0.3, 0.4) is 0 Å². The van der Waals surface area contributed by atoms with E-state index in [0.717, 1.165) is 10.2 Å². The van der Waals surface area contributed by atoms with Gasteiger partial charge in [0.25, 0.3) is 5.91 Å². The van der Waals surface area contributed by atoms with Gasteiger partial charge in [-0.05, 0) is 48.0 Å². The number of hydrogen-bond donors (Lipinski definition) is 2. The summed E-state index contributed by atoms with van der Waals surface area (Å²) in [6.07, 6.45) is 0. The number of H-pyrrole nitrogens is 1. The Hall–Kier alpha value is -1.33. The second-order valence-electron chi connectivity index (χ2n) is 3.89. The number of carbonyl (C=O) groups excluding carboxylic acids is 1. The summed E-state index contributed by atoms with van der Waals surface area (Å²) in [6.45, 7) is 3.59. The number of amides is 1. The molecular weight excluding hydrogens is 318 g/mol. The van der Waals surface area contributed by atoms with Crippen LogP contribution in [0.2, 0.25) is 5.02 Å². The van der Waals surface area contributed by atoms with E-state index in [4.69, 9.17) is 11.6 Å². The van der Waals surface area contributed by atoms with Crippen LogP contribution in [-0.4, -0.2) is 16.1 Å². The maximum absolute atomic E-state index is 12.1. The fraction of sp³-hybridized carbons (Fsp3) is 0.167. The Labute approximate surface area is 118 Å².